The molecular weight excluding hydrogens is 202 g/mol. The normalized spacial score (nSPS) is 10.8. The van der Waals surface area contributed by atoms with Gasteiger partial charge in [0.1, 0.15) is 0 Å². The average Bonchev–Trinajstić information content (AvgIpc) is 2.26. The van der Waals surface area contributed by atoms with Gasteiger partial charge in [-0.25, -0.2) is 4.79 Å². The highest BCUT2D eigenvalue weighted by atomic mass is 16.5. The van der Waals surface area contributed by atoms with E-state index in [2.05, 4.69) is 13.2 Å². The number of nitrogens with zero attached hydrogens (tertiary/aromatic N) is 1. The molecule has 0 aromatic carbocycles. The number of carbonyl (C=O) groups excluding carboxylic acids is 1. The van der Waals surface area contributed by atoms with Gasteiger partial charge in [0, 0.05) is 24.9 Å². The van der Waals surface area contributed by atoms with Gasteiger partial charge in [-0.3, -0.25) is 0 Å². The number of carbonyl (C=O) groups is 1. The molecule has 0 aliphatic heterocycles. The Kier molecular flexibility index (Phi) is 7.94. The first-order valence-corrected chi connectivity index (χ1v) is 5.47. The van der Waals surface area contributed by atoms with Crippen molar-refractivity contribution in [1.29, 1.82) is 0 Å². The maximum Gasteiger partial charge on any atom is 0.335 e. The van der Waals surface area contributed by atoms with E-state index in [9.17, 15) is 4.79 Å². The standard InChI is InChI=1S/C13H21NO2/c1-5-8-14(9-6-2)11-12(4)13(15)16-10-7-3/h5-6,11H,1-2,7-10H2,3-4H3. The van der Waals surface area contributed by atoms with Crippen molar-refractivity contribution in [2.45, 2.75) is 20.3 Å². The van der Waals surface area contributed by atoms with Crippen LogP contribution in [-0.2, 0) is 9.53 Å². The van der Waals surface area contributed by atoms with Crippen molar-refractivity contribution in [1.82, 2.24) is 4.90 Å². The molecule has 0 aromatic heterocycles. The predicted molar refractivity (Wildman–Crippen MR) is 67.0 cm³/mol. The molecule has 0 amide bonds. The molecule has 0 aromatic rings. The number of rotatable bonds is 8. The summed E-state index contributed by atoms with van der Waals surface area (Å²) in [5, 5.41) is 0. The van der Waals surface area contributed by atoms with E-state index in [1.165, 1.54) is 0 Å². The van der Waals surface area contributed by atoms with E-state index in [0.717, 1.165) is 6.42 Å². The zero-order valence-corrected chi connectivity index (χ0v) is 10.2. The van der Waals surface area contributed by atoms with E-state index >= 15 is 0 Å². The minimum atomic E-state index is -0.264. The second-order valence-corrected chi connectivity index (χ2v) is 3.48. The Morgan fingerprint density at radius 1 is 1.31 bits per heavy atom. The summed E-state index contributed by atoms with van der Waals surface area (Å²) < 4.78 is 5.02. The molecule has 0 spiro atoms. The molecule has 0 N–H and O–H groups in total. The van der Waals surface area contributed by atoms with Gasteiger partial charge in [-0.05, 0) is 13.3 Å². The Morgan fingerprint density at radius 2 is 1.88 bits per heavy atom. The zero-order chi connectivity index (χ0) is 12.4. The second-order valence-electron chi connectivity index (χ2n) is 3.48. The number of hydrogen-bond acceptors (Lipinski definition) is 3. The summed E-state index contributed by atoms with van der Waals surface area (Å²) in [6, 6.07) is 0. The van der Waals surface area contributed by atoms with Crippen LogP contribution in [0.15, 0.2) is 37.1 Å². The van der Waals surface area contributed by atoms with Crippen LogP contribution in [0.2, 0.25) is 0 Å². The van der Waals surface area contributed by atoms with Gasteiger partial charge in [0.25, 0.3) is 0 Å². The first-order chi connectivity index (χ1) is 7.65. The van der Waals surface area contributed by atoms with E-state index in [4.69, 9.17) is 4.74 Å². The maximum absolute atomic E-state index is 11.5. The summed E-state index contributed by atoms with van der Waals surface area (Å²) in [4.78, 5) is 13.4. The van der Waals surface area contributed by atoms with Crippen molar-refractivity contribution < 1.29 is 9.53 Å². The van der Waals surface area contributed by atoms with Gasteiger partial charge in [0.15, 0.2) is 0 Å². The molecule has 0 saturated heterocycles. The second kappa shape index (κ2) is 8.77. The Morgan fingerprint density at radius 3 is 2.31 bits per heavy atom. The number of ether oxygens (including phenoxy) is 1. The lowest BCUT2D eigenvalue weighted by atomic mass is 10.3. The fourth-order valence-electron chi connectivity index (χ4n) is 1.15. The lowest BCUT2D eigenvalue weighted by Crippen LogP contribution is -2.19. The van der Waals surface area contributed by atoms with Crippen LogP contribution in [0.1, 0.15) is 20.3 Å². The Balaban J connectivity index is 4.37. The highest BCUT2D eigenvalue weighted by Crippen LogP contribution is 2.01. The lowest BCUT2D eigenvalue weighted by molar-refractivity contribution is -0.139. The summed E-state index contributed by atoms with van der Waals surface area (Å²) >= 11 is 0. The Hall–Kier alpha value is -1.51. The van der Waals surface area contributed by atoms with Gasteiger partial charge < -0.3 is 9.64 Å². The minimum Gasteiger partial charge on any atom is -0.462 e. The summed E-state index contributed by atoms with van der Waals surface area (Å²) in [7, 11) is 0. The SMILES string of the molecule is C=CCN(C=C(C)C(=O)OCCC)CC=C. The summed E-state index contributed by atoms with van der Waals surface area (Å²) in [5.74, 6) is -0.264. The molecular formula is C13H21NO2. The fourth-order valence-corrected chi connectivity index (χ4v) is 1.15. The summed E-state index contributed by atoms with van der Waals surface area (Å²) in [6.45, 7) is 12.9. The van der Waals surface area contributed by atoms with E-state index in [1.54, 1.807) is 25.3 Å². The van der Waals surface area contributed by atoms with Gasteiger partial charge in [-0.1, -0.05) is 19.1 Å². The molecule has 0 unspecified atom stereocenters. The number of hydrogen-bond donors (Lipinski definition) is 0. The first-order valence-electron chi connectivity index (χ1n) is 5.47. The topological polar surface area (TPSA) is 29.5 Å². The molecule has 16 heavy (non-hydrogen) atoms. The number of esters is 1. The van der Waals surface area contributed by atoms with Crippen molar-refractivity contribution in [3.05, 3.63) is 37.1 Å². The molecule has 0 aliphatic rings. The van der Waals surface area contributed by atoms with Crippen molar-refractivity contribution in [3.63, 3.8) is 0 Å². The monoisotopic (exact) mass is 223 g/mol. The van der Waals surface area contributed by atoms with Gasteiger partial charge >= 0.3 is 5.97 Å². The molecule has 3 nitrogen and oxygen atoms in total. The van der Waals surface area contributed by atoms with Gasteiger partial charge in [-0.15, -0.1) is 13.2 Å². The quantitative estimate of drug-likeness (QED) is 0.360. The average molecular weight is 223 g/mol. The van der Waals surface area contributed by atoms with Gasteiger partial charge in [0.05, 0.1) is 6.61 Å². The predicted octanol–water partition coefficient (Wildman–Crippen LogP) is 2.52. The molecule has 3 heteroatoms. The van der Waals surface area contributed by atoms with Crippen LogP contribution < -0.4 is 0 Å². The van der Waals surface area contributed by atoms with Crippen molar-refractivity contribution in [3.8, 4) is 0 Å². The molecule has 0 saturated carbocycles. The molecule has 90 valence electrons. The van der Waals surface area contributed by atoms with Gasteiger partial charge in [-0.2, -0.15) is 0 Å². The highest BCUT2D eigenvalue weighted by molar-refractivity contribution is 5.87. The lowest BCUT2D eigenvalue weighted by Gasteiger charge is -2.17. The maximum atomic E-state index is 11.5. The smallest absolute Gasteiger partial charge is 0.335 e. The van der Waals surface area contributed by atoms with E-state index < -0.39 is 0 Å². The van der Waals surface area contributed by atoms with Crippen LogP contribution in [0, 0.1) is 0 Å². The fraction of sp³-hybridized carbons (Fsp3) is 0.462. The van der Waals surface area contributed by atoms with Crippen LogP contribution in [0.3, 0.4) is 0 Å². The third-order valence-corrected chi connectivity index (χ3v) is 1.86. The van der Waals surface area contributed by atoms with Gasteiger partial charge in [0.2, 0.25) is 0 Å². The third kappa shape index (κ3) is 6.06. The van der Waals surface area contributed by atoms with E-state index in [1.807, 2.05) is 11.8 Å². The van der Waals surface area contributed by atoms with Crippen molar-refractivity contribution in [2.75, 3.05) is 19.7 Å². The van der Waals surface area contributed by atoms with Crippen molar-refractivity contribution in [2.24, 2.45) is 0 Å². The Labute approximate surface area is 98.1 Å². The Bertz CT molecular complexity index is 259. The molecule has 0 rings (SSSR count). The van der Waals surface area contributed by atoms with Crippen LogP contribution >= 0.6 is 0 Å². The van der Waals surface area contributed by atoms with Crippen LogP contribution in [0.5, 0.6) is 0 Å². The highest BCUT2D eigenvalue weighted by Gasteiger charge is 2.06. The van der Waals surface area contributed by atoms with Crippen molar-refractivity contribution >= 4 is 5.97 Å². The summed E-state index contributed by atoms with van der Waals surface area (Å²) in [6.07, 6.45) is 6.18. The molecule has 0 atom stereocenters. The van der Waals surface area contributed by atoms with Crippen LogP contribution in [0.4, 0.5) is 0 Å². The summed E-state index contributed by atoms with van der Waals surface area (Å²) in [5.41, 5.74) is 0.595. The molecule has 0 heterocycles. The molecule has 0 radical (unpaired) electrons. The van der Waals surface area contributed by atoms with Crippen LogP contribution in [-0.4, -0.2) is 30.6 Å². The molecule has 0 fully saturated rings. The molecule has 0 bridgehead atoms. The van der Waals surface area contributed by atoms with E-state index in [0.29, 0.717) is 25.3 Å². The van der Waals surface area contributed by atoms with Crippen LogP contribution in [0.25, 0.3) is 0 Å². The first kappa shape index (κ1) is 14.5. The largest absolute Gasteiger partial charge is 0.462 e. The molecule has 0 aliphatic carbocycles. The van der Waals surface area contributed by atoms with E-state index in [-0.39, 0.29) is 5.97 Å². The minimum absolute atomic E-state index is 0.264. The zero-order valence-electron chi connectivity index (χ0n) is 10.2. The third-order valence-electron chi connectivity index (χ3n) is 1.86.